The minimum absolute atomic E-state index is 0.116. The topological polar surface area (TPSA) is 61.4 Å². The summed E-state index contributed by atoms with van der Waals surface area (Å²) in [5.74, 6) is -0.636. The summed E-state index contributed by atoms with van der Waals surface area (Å²) in [6.45, 7) is 1.68. The molecule has 0 atom stereocenters. The molecule has 0 saturated carbocycles. The molecule has 2 aromatic carbocycles. The number of carbonyl (C=O) groups excluding carboxylic acids is 2. The molecular weight excluding hydrogens is 321 g/mol. The summed E-state index contributed by atoms with van der Waals surface area (Å²) in [6.07, 6.45) is 2.07. The molecule has 0 spiro atoms. The number of nitrogens with zero attached hydrogens (tertiary/aromatic N) is 1. The lowest BCUT2D eigenvalue weighted by molar-refractivity contribution is 0.0950. The van der Waals surface area contributed by atoms with Crippen LogP contribution in [0.2, 0.25) is 0 Å². The molecule has 2 N–H and O–H groups in total. The zero-order valence-corrected chi connectivity index (χ0v) is 13.8. The summed E-state index contributed by atoms with van der Waals surface area (Å²) < 4.78 is 13.5. The van der Waals surface area contributed by atoms with Gasteiger partial charge in [0.15, 0.2) is 0 Å². The number of hydrogen-bond donors (Lipinski definition) is 2. The molecule has 25 heavy (non-hydrogen) atoms. The van der Waals surface area contributed by atoms with Crippen LogP contribution in [0, 0.1) is 5.82 Å². The molecule has 1 fully saturated rings. The maximum Gasteiger partial charge on any atom is 0.321 e. The van der Waals surface area contributed by atoms with Crippen molar-refractivity contribution in [3.8, 4) is 0 Å². The van der Waals surface area contributed by atoms with E-state index in [2.05, 4.69) is 10.6 Å². The van der Waals surface area contributed by atoms with Gasteiger partial charge in [0.05, 0.1) is 0 Å². The molecule has 0 bridgehead atoms. The predicted molar refractivity (Wildman–Crippen MR) is 93.8 cm³/mol. The smallest absolute Gasteiger partial charge is 0.321 e. The van der Waals surface area contributed by atoms with Gasteiger partial charge in [-0.15, -0.1) is 0 Å². The first-order chi connectivity index (χ1) is 12.1. The Hall–Kier alpha value is -2.89. The fourth-order valence-electron chi connectivity index (χ4n) is 2.75. The van der Waals surface area contributed by atoms with Crippen LogP contribution in [0.3, 0.4) is 0 Å². The number of urea groups is 1. The highest BCUT2D eigenvalue weighted by molar-refractivity contribution is 5.95. The van der Waals surface area contributed by atoms with E-state index >= 15 is 0 Å². The van der Waals surface area contributed by atoms with Crippen LogP contribution < -0.4 is 10.6 Å². The van der Waals surface area contributed by atoms with Crippen LogP contribution in [-0.2, 0) is 6.54 Å². The molecule has 2 aromatic rings. The maximum absolute atomic E-state index is 13.5. The molecule has 0 radical (unpaired) electrons. The van der Waals surface area contributed by atoms with E-state index in [1.165, 1.54) is 6.07 Å². The normalized spacial score (nSPS) is 13.6. The van der Waals surface area contributed by atoms with Gasteiger partial charge < -0.3 is 15.5 Å². The summed E-state index contributed by atoms with van der Waals surface area (Å²) in [6, 6.07) is 12.9. The fourth-order valence-corrected chi connectivity index (χ4v) is 2.75. The van der Waals surface area contributed by atoms with Crippen LogP contribution in [-0.4, -0.2) is 29.9 Å². The molecule has 1 aliphatic rings. The third kappa shape index (κ3) is 4.35. The molecule has 1 saturated heterocycles. The summed E-state index contributed by atoms with van der Waals surface area (Å²) in [5, 5.41) is 5.51. The number of rotatable bonds is 4. The molecular formula is C19H20FN3O2. The minimum Gasteiger partial charge on any atom is -0.348 e. The first-order valence-electron chi connectivity index (χ1n) is 8.31. The van der Waals surface area contributed by atoms with Gasteiger partial charge in [-0.2, -0.15) is 0 Å². The Morgan fingerprint density at radius 3 is 2.36 bits per heavy atom. The summed E-state index contributed by atoms with van der Waals surface area (Å²) in [7, 11) is 0. The van der Waals surface area contributed by atoms with E-state index in [1.807, 2.05) is 0 Å². The average molecular weight is 341 g/mol. The molecule has 5 nitrogen and oxygen atoms in total. The number of benzene rings is 2. The van der Waals surface area contributed by atoms with Crippen molar-refractivity contribution in [3.63, 3.8) is 0 Å². The van der Waals surface area contributed by atoms with Gasteiger partial charge in [-0.05, 0) is 43.2 Å². The Balaban J connectivity index is 1.55. The lowest BCUT2D eigenvalue weighted by Crippen LogP contribution is -2.32. The zero-order chi connectivity index (χ0) is 17.6. The van der Waals surface area contributed by atoms with Crippen LogP contribution in [0.15, 0.2) is 48.5 Å². The third-order valence-electron chi connectivity index (χ3n) is 4.19. The van der Waals surface area contributed by atoms with Crippen LogP contribution in [0.25, 0.3) is 0 Å². The largest absolute Gasteiger partial charge is 0.348 e. The van der Waals surface area contributed by atoms with Gasteiger partial charge in [0.2, 0.25) is 0 Å². The Bertz CT molecular complexity index is 756. The van der Waals surface area contributed by atoms with Crippen LogP contribution in [0.5, 0.6) is 0 Å². The molecule has 1 heterocycles. The van der Waals surface area contributed by atoms with Gasteiger partial charge in [-0.25, -0.2) is 9.18 Å². The Morgan fingerprint density at radius 1 is 1.00 bits per heavy atom. The van der Waals surface area contributed by atoms with Crippen molar-refractivity contribution in [2.75, 3.05) is 18.4 Å². The van der Waals surface area contributed by atoms with Crippen molar-refractivity contribution in [2.45, 2.75) is 19.4 Å². The molecule has 1 aliphatic heterocycles. The number of amides is 3. The van der Waals surface area contributed by atoms with E-state index in [0.717, 1.165) is 25.9 Å². The zero-order valence-electron chi connectivity index (χ0n) is 13.8. The number of carbonyl (C=O) groups is 2. The minimum atomic E-state index is -0.345. The molecule has 0 unspecified atom stereocenters. The Kier molecular flexibility index (Phi) is 5.28. The third-order valence-corrected chi connectivity index (χ3v) is 4.19. The van der Waals surface area contributed by atoms with Gasteiger partial charge in [0.1, 0.15) is 5.82 Å². The predicted octanol–water partition coefficient (Wildman–Crippen LogP) is 3.38. The second kappa shape index (κ2) is 7.79. The number of nitrogens with one attached hydrogen (secondary N) is 2. The molecule has 130 valence electrons. The van der Waals surface area contributed by atoms with Gasteiger partial charge in [0, 0.05) is 36.4 Å². The Morgan fingerprint density at radius 2 is 1.68 bits per heavy atom. The first kappa shape index (κ1) is 17.0. The van der Waals surface area contributed by atoms with Crippen molar-refractivity contribution in [1.82, 2.24) is 10.2 Å². The number of halogens is 1. The van der Waals surface area contributed by atoms with Gasteiger partial charge in [-0.3, -0.25) is 4.79 Å². The van der Waals surface area contributed by atoms with Crippen LogP contribution >= 0.6 is 0 Å². The fraction of sp³-hybridized carbons (Fsp3) is 0.263. The molecule has 0 aromatic heterocycles. The van der Waals surface area contributed by atoms with Crippen LogP contribution in [0.4, 0.5) is 14.9 Å². The Labute approximate surface area is 145 Å². The van der Waals surface area contributed by atoms with Gasteiger partial charge >= 0.3 is 6.03 Å². The van der Waals surface area contributed by atoms with E-state index in [-0.39, 0.29) is 24.3 Å². The number of hydrogen-bond acceptors (Lipinski definition) is 2. The van der Waals surface area contributed by atoms with E-state index in [4.69, 9.17) is 0 Å². The van der Waals surface area contributed by atoms with Gasteiger partial charge in [0.25, 0.3) is 5.91 Å². The summed E-state index contributed by atoms with van der Waals surface area (Å²) in [4.78, 5) is 25.9. The summed E-state index contributed by atoms with van der Waals surface area (Å²) >= 11 is 0. The standard InChI is InChI=1S/C19H20FN3O2/c20-17-6-2-1-5-15(17)13-21-18(24)14-7-9-16(10-8-14)22-19(25)23-11-3-4-12-23/h1-2,5-10H,3-4,11-13H2,(H,21,24)(H,22,25). The van der Waals surface area contributed by atoms with Crippen molar-refractivity contribution in [1.29, 1.82) is 0 Å². The van der Waals surface area contributed by atoms with Crippen molar-refractivity contribution in [2.24, 2.45) is 0 Å². The van der Waals surface area contributed by atoms with Crippen molar-refractivity contribution < 1.29 is 14.0 Å². The molecule has 3 rings (SSSR count). The van der Waals surface area contributed by atoms with Crippen molar-refractivity contribution >= 4 is 17.6 Å². The highest BCUT2D eigenvalue weighted by Crippen LogP contribution is 2.14. The second-order valence-corrected chi connectivity index (χ2v) is 5.98. The lowest BCUT2D eigenvalue weighted by atomic mass is 10.1. The highest BCUT2D eigenvalue weighted by atomic mass is 19.1. The van der Waals surface area contributed by atoms with E-state index < -0.39 is 0 Å². The van der Waals surface area contributed by atoms with E-state index in [0.29, 0.717) is 16.8 Å². The average Bonchev–Trinajstić information content (AvgIpc) is 3.16. The maximum atomic E-state index is 13.5. The van der Waals surface area contributed by atoms with Crippen LogP contribution in [0.1, 0.15) is 28.8 Å². The molecule has 3 amide bonds. The van der Waals surface area contributed by atoms with E-state index in [9.17, 15) is 14.0 Å². The number of likely N-dealkylation sites (tertiary alicyclic amines) is 1. The summed E-state index contributed by atoms with van der Waals surface area (Å²) in [5.41, 5.74) is 1.53. The molecule has 0 aliphatic carbocycles. The number of anilines is 1. The monoisotopic (exact) mass is 341 g/mol. The lowest BCUT2D eigenvalue weighted by Gasteiger charge is -2.16. The SMILES string of the molecule is O=C(NCc1ccccc1F)c1ccc(NC(=O)N2CCCC2)cc1. The van der Waals surface area contributed by atoms with E-state index in [1.54, 1.807) is 47.4 Å². The highest BCUT2D eigenvalue weighted by Gasteiger charge is 2.17. The quantitative estimate of drug-likeness (QED) is 0.895. The molecule has 6 heteroatoms. The second-order valence-electron chi connectivity index (χ2n) is 5.98. The first-order valence-corrected chi connectivity index (χ1v) is 8.31. The van der Waals surface area contributed by atoms with Gasteiger partial charge in [-0.1, -0.05) is 18.2 Å². The van der Waals surface area contributed by atoms with Crippen molar-refractivity contribution in [3.05, 3.63) is 65.5 Å².